The average molecular weight is 332 g/mol. The number of aromatic nitrogens is 3. The number of nitrogens with one attached hydrogen (secondary N) is 1. The molecule has 0 fully saturated rings. The highest BCUT2D eigenvalue weighted by atomic mass is 32.2. The molecule has 0 aliphatic heterocycles. The predicted octanol–water partition coefficient (Wildman–Crippen LogP) is 3.04. The number of amides is 1. The zero-order chi connectivity index (χ0) is 17.0. The van der Waals surface area contributed by atoms with E-state index in [1.54, 1.807) is 0 Å². The van der Waals surface area contributed by atoms with Gasteiger partial charge in [-0.25, -0.2) is 0 Å². The summed E-state index contributed by atoms with van der Waals surface area (Å²) < 4.78 is 1.93. The number of aryl methyl sites for hydroxylation is 1. The van der Waals surface area contributed by atoms with Crippen LogP contribution in [0.15, 0.2) is 29.4 Å². The van der Waals surface area contributed by atoms with Gasteiger partial charge in [-0.3, -0.25) is 4.79 Å². The average Bonchev–Trinajstić information content (AvgIpc) is 2.86. The van der Waals surface area contributed by atoms with Gasteiger partial charge in [0, 0.05) is 19.2 Å². The van der Waals surface area contributed by atoms with E-state index in [4.69, 9.17) is 0 Å². The van der Waals surface area contributed by atoms with Crippen LogP contribution in [0.2, 0.25) is 0 Å². The molecule has 23 heavy (non-hydrogen) atoms. The summed E-state index contributed by atoms with van der Waals surface area (Å²) in [7, 11) is 1.93. The lowest BCUT2D eigenvalue weighted by atomic mass is 10.1. The number of hydrogen-bond acceptors (Lipinski definition) is 4. The number of thioether (sulfide) groups is 1. The molecule has 5 nitrogen and oxygen atoms in total. The third-order valence-electron chi connectivity index (χ3n) is 3.48. The molecule has 0 aliphatic rings. The van der Waals surface area contributed by atoms with Crippen LogP contribution < -0.4 is 5.32 Å². The highest BCUT2D eigenvalue weighted by Crippen LogP contribution is 2.25. The Labute approximate surface area is 141 Å². The van der Waals surface area contributed by atoms with Crippen molar-refractivity contribution in [1.29, 1.82) is 0 Å². The van der Waals surface area contributed by atoms with Crippen LogP contribution in [0.4, 0.5) is 0 Å². The minimum Gasteiger partial charge on any atom is -0.355 e. The van der Waals surface area contributed by atoms with E-state index in [0.717, 1.165) is 16.5 Å². The third kappa shape index (κ3) is 4.58. The summed E-state index contributed by atoms with van der Waals surface area (Å²) in [5, 5.41) is 12.0. The first-order valence-electron chi connectivity index (χ1n) is 7.79. The molecule has 1 N–H and O–H groups in total. The summed E-state index contributed by atoms with van der Waals surface area (Å²) in [5.41, 5.74) is 2.23. The van der Waals surface area contributed by atoms with Crippen molar-refractivity contribution in [3.05, 3.63) is 29.8 Å². The monoisotopic (exact) mass is 332 g/mol. The molecule has 0 radical (unpaired) electrons. The molecule has 124 valence electrons. The highest BCUT2D eigenvalue weighted by molar-refractivity contribution is 8.00. The van der Waals surface area contributed by atoms with E-state index in [1.807, 2.05) is 30.7 Å². The minimum absolute atomic E-state index is 0.0311. The standard InChI is InChI=1S/C17H24N4OS/c1-11(2)10-18-16(22)13(4)23-17-20-19-15(21(17)5)14-8-6-12(3)7-9-14/h6-9,11,13H,10H2,1-5H3,(H,18,22). The van der Waals surface area contributed by atoms with E-state index >= 15 is 0 Å². The Hall–Kier alpha value is -1.82. The van der Waals surface area contributed by atoms with E-state index in [-0.39, 0.29) is 11.2 Å². The van der Waals surface area contributed by atoms with Gasteiger partial charge >= 0.3 is 0 Å². The second kappa shape index (κ2) is 7.64. The van der Waals surface area contributed by atoms with Crippen molar-refractivity contribution in [2.75, 3.05) is 6.54 Å². The summed E-state index contributed by atoms with van der Waals surface area (Å²) >= 11 is 1.43. The van der Waals surface area contributed by atoms with Crippen LogP contribution in [-0.2, 0) is 11.8 Å². The Bertz CT molecular complexity index is 664. The molecule has 6 heteroatoms. The lowest BCUT2D eigenvalue weighted by Crippen LogP contribution is -2.33. The van der Waals surface area contributed by atoms with E-state index in [9.17, 15) is 4.79 Å². The molecule has 1 atom stereocenters. The van der Waals surface area contributed by atoms with Crippen molar-refractivity contribution in [2.24, 2.45) is 13.0 Å². The SMILES string of the molecule is Cc1ccc(-c2nnc(SC(C)C(=O)NCC(C)C)n2C)cc1. The lowest BCUT2D eigenvalue weighted by Gasteiger charge is -2.13. The second-order valence-electron chi connectivity index (χ2n) is 6.13. The lowest BCUT2D eigenvalue weighted by molar-refractivity contribution is -0.120. The molecular weight excluding hydrogens is 308 g/mol. The van der Waals surface area contributed by atoms with Gasteiger partial charge in [0.1, 0.15) is 0 Å². The van der Waals surface area contributed by atoms with Gasteiger partial charge < -0.3 is 9.88 Å². The fraction of sp³-hybridized carbons (Fsp3) is 0.471. The molecule has 0 aliphatic carbocycles. The van der Waals surface area contributed by atoms with Crippen LogP contribution in [0.5, 0.6) is 0 Å². The largest absolute Gasteiger partial charge is 0.355 e. The number of carbonyl (C=O) groups is 1. The van der Waals surface area contributed by atoms with E-state index in [2.05, 4.69) is 48.4 Å². The number of benzene rings is 1. The first kappa shape index (κ1) is 17.5. The smallest absolute Gasteiger partial charge is 0.233 e. The molecule has 1 unspecified atom stereocenters. The Balaban J connectivity index is 2.07. The third-order valence-corrected chi connectivity index (χ3v) is 4.61. The Kier molecular flexibility index (Phi) is 5.82. The number of carbonyl (C=O) groups excluding carboxylic acids is 1. The van der Waals surface area contributed by atoms with Crippen molar-refractivity contribution < 1.29 is 4.79 Å². The first-order valence-corrected chi connectivity index (χ1v) is 8.67. The van der Waals surface area contributed by atoms with Crippen molar-refractivity contribution >= 4 is 17.7 Å². The molecule has 0 spiro atoms. The molecule has 0 saturated carbocycles. The van der Waals surface area contributed by atoms with Gasteiger partial charge in [-0.2, -0.15) is 0 Å². The van der Waals surface area contributed by atoms with Gasteiger partial charge in [0.15, 0.2) is 11.0 Å². The molecule has 2 aromatic rings. The first-order chi connectivity index (χ1) is 10.9. The van der Waals surface area contributed by atoms with Gasteiger partial charge in [0.2, 0.25) is 5.91 Å². The van der Waals surface area contributed by atoms with Crippen LogP contribution in [0.3, 0.4) is 0 Å². The van der Waals surface area contributed by atoms with Crippen molar-refractivity contribution in [2.45, 2.75) is 38.1 Å². The minimum atomic E-state index is -0.206. The summed E-state index contributed by atoms with van der Waals surface area (Å²) in [5.74, 6) is 1.28. The number of hydrogen-bond donors (Lipinski definition) is 1. The van der Waals surface area contributed by atoms with Crippen molar-refractivity contribution in [3.63, 3.8) is 0 Å². The molecule has 0 bridgehead atoms. The van der Waals surface area contributed by atoms with E-state index in [1.165, 1.54) is 17.3 Å². The summed E-state index contributed by atoms with van der Waals surface area (Å²) in [6.45, 7) is 8.79. The summed E-state index contributed by atoms with van der Waals surface area (Å²) in [6.07, 6.45) is 0. The molecule has 0 saturated heterocycles. The van der Waals surface area contributed by atoms with Crippen molar-refractivity contribution in [3.8, 4) is 11.4 Å². The number of nitrogens with zero attached hydrogens (tertiary/aromatic N) is 3. The maximum absolute atomic E-state index is 12.1. The Morgan fingerprint density at radius 1 is 1.22 bits per heavy atom. The van der Waals surface area contributed by atoms with E-state index < -0.39 is 0 Å². The summed E-state index contributed by atoms with van der Waals surface area (Å²) in [4.78, 5) is 12.1. The van der Waals surface area contributed by atoms with Crippen LogP contribution in [0, 0.1) is 12.8 Å². The van der Waals surface area contributed by atoms with Crippen LogP contribution in [0.25, 0.3) is 11.4 Å². The second-order valence-corrected chi connectivity index (χ2v) is 7.44. The maximum Gasteiger partial charge on any atom is 0.233 e. The van der Waals surface area contributed by atoms with Gasteiger partial charge in [-0.15, -0.1) is 10.2 Å². The molecule has 1 aromatic heterocycles. The fourth-order valence-corrected chi connectivity index (χ4v) is 2.87. The Morgan fingerprint density at radius 3 is 2.48 bits per heavy atom. The zero-order valence-corrected chi connectivity index (χ0v) is 15.1. The van der Waals surface area contributed by atoms with Crippen molar-refractivity contribution in [1.82, 2.24) is 20.1 Å². The quantitative estimate of drug-likeness (QED) is 0.826. The Morgan fingerprint density at radius 2 is 1.87 bits per heavy atom. The fourth-order valence-electron chi connectivity index (χ4n) is 2.03. The molecular formula is C17H24N4OS. The topological polar surface area (TPSA) is 59.8 Å². The van der Waals surface area contributed by atoms with E-state index in [0.29, 0.717) is 12.5 Å². The molecule has 2 rings (SSSR count). The summed E-state index contributed by atoms with van der Waals surface area (Å²) in [6, 6.07) is 8.18. The van der Waals surface area contributed by atoms with Gasteiger partial charge in [-0.1, -0.05) is 55.4 Å². The van der Waals surface area contributed by atoms with Gasteiger partial charge in [0.25, 0.3) is 0 Å². The van der Waals surface area contributed by atoms with Crippen LogP contribution in [0.1, 0.15) is 26.3 Å². The highest BCUT2D eigenvalue weighted by Gasteiger charge is 2.19. The predicted molar refractivity (Wildman–Crippen MR) is 94.3 cm³/mol. The molecule has 1 aromatic carbocycles. The zero-order valence-electron chi connectivity index (χ0n) is 14.3. The van der Waals surface area contributed by atoms with Crippen LogP contribution >= 0.6 is 11.8 Å². The van der Waals surface area contributed by atoms with Gasteiger partial charge in [0.05, 0.1) is 5.25 Å². The molecule has 1 amide bonds. The van der Waals surface area contributed by atoms with Gasteiger partial charge in [-0.05, 0) is 19.8 Å². The molecule has 1 heterocycles. The maximum atomic E-state index is 12.1. The normalized spacial score (nSPS) is 12.4. The van der Waals surface area contributed by atoms with Crippen LogP contribution in [-0.4, -0.2) is 32.5 Å². The number of rotatable bonds is 6.